The van der Waals surface area contributed by atoms with E-state index < -0.39 is 5.60 Å². The quantitative estimate of drug-likeness (QED) is 0.849. The average molecular weight is 370 g/mol. The molecule has 146 valence electrons. The van der Waals surface area contributed by atoms with E-state index in [1.165, 1.54) is 25.7 Å². The van der Waals surface area contributed by atoms with Gasteiger partial charge in [0.15, 0.2) is 0 Å². The van der Waals surface area contributed by atoms with Crippen molar-refractivity contribution in [3.8, 4) is 0 Å². The zero-order chi connectivity index (χ0) is 18.5. The highest BCUT2D eigenvalue weighted by molar-refractivity contribution is 5.91. The summed E-state index contributed by atoms with van der Waals surface area (Å²) >= 11 is 0. The molecule has 2 N–H and O–H groups in total. The largest absolute Gasteiger partial charge is 0.390 e. The van der Waals surface area contributed by atoms with Crippen LogP contribution in [-0.2, 0) is 4.79 Å². The number of carbonyl (C=O) groups is 1. The average Bonchev–Trinajstić information content (AvgIpc) is 2.60. The van der Waals surface area contributed by atoms with Crippen LogP contribution in [0.3, 0.4) is 0 Å². The standard InChI is InChI=1S/C22H31N3O2/c26-20(13-21-9-16-8-17(10-21)12-22(27,11-16)15-21)24-18-4-5-19(23-14-18)25-6-2-1-3-7-25/h4-5,14,16-17,27H,1-3,6-13,15H2,(H,24,26). The van der Waals surface area contributed by atoms with Gasteiger partial charge >= 0.3 is 0 Å². The molecule has 1 aromatic rings. The smallest absolute Gasteiger partial charge is 0.224 e. The molecule has 5 nitrogen and oxygen atoms in total. The first-order chi connectivity index (χ1) is 13.0. The summed E-state index contributed by atoms with van der Waals surface area (Å²) in [7, 11) is 0. The van der Waals surface area contributed by atoms with E-state index in [4.69, 9.17) is 0 Å². The van der Waals surface area contributed by atoms with Gasteiger partial charge in [0, 0.05) is 19.5 Å². The Hall–Kier alpha value is -1.62. The number of nitrogens with zero attached hydrogens (tertiary/aromatic N) is 2. The number of piperidine rings is 1. The Balaban J connectivity index is 1.22. The van der Waals surface area contributed by atoms with Crippen molar-refractivity contribution in [2.24, 2.45) is 17.3 Å². The summed E-state index contributed by atoms with van der Waals surface area (Å²) in [4.78, 5) is 19.6. The maximum atomic E-state index is 12.8. The zero-order valence-corrected chi connectivity index (χ0v) is 16.1. The van der Waals surface area contributed by atoms with Gasteiger partial charge in [-0.25, -0.2) is 4.98 Å². The molecule has 2 heterocycles. The third-order valence-corrected chi connectivity index (χ3v) is 7.40. The first-order valence-corrected chi connectivity index (χ1v) is 10.7. The van der Waals surface area contributed by atoms with Gasteiger partial charge in [0.05, 0.1) is 17.5 Å². The predicted molar refractivity (Wildman–Crippen MR) is 106 cm³/mol. The summed E-state index contributed by atoms with van der Waals surface area (Å²) in [6, 6.07) is 4.00. The number of nitrogens with one attached hydrogen (secondary N) is 1. The van der Waals surface area contributed by atoms with Crippen LogP contribution in [0, 0.1) is 17.3 Å². The lowest BCUT2D eigenvalue weighted by Gasteiger charge is -2.60. The molecule has 27 heavy (non-hydrogen) atoms. The fourth-order valence-electron chi connectivity index (χ4n) is 6.92. The molecule has 1 aliphatic heterocycles. The van der Waals surface area contributed by atoms with Crippen LogP contribution in [0.5, 0.6) is 0 Å². The van der Waals surface area contributed by atoms with E-state index >= 15 is 0 Å². The first kappa shape index (κ1) is 17.5. The van der Waals surface area contributed by atoms with Crippen molar-refractivity contribution in [3.05, 3.63) is 18.3 Å². The second-order valence-electron chi connectivity index (χ2n) is 9.86. The van der Waals surface area contributed by atoms with Crippen molar-refractivity contribution in [1.82, 2.24) is 4.98 Å². The number of carbonyl (C=O) groups excluding carboxylic acids is 1. The fraction of sp³-hybridized carbons (Fsp3) is 0.727. The van der Waals surface area contributed by atoms with Crippen molar-refractivity contribution in [2.45, 2.75) is 69.8 Å². The fourth-order valence-corrected chi connectivity index (χ4v) is 6.92. The maximum Gasteiger partial charge on any atom is 0.224 e. The molecule has 5 heteroatoms. The van der Waals surface area contributed by atoms with Crippen LogP contribution in [-0.4, -0.2) is 34.7 Å². The van der Waals surface area contributed by atoms with E-state index in [0.717, 1.165) is 56.7 Å². The van der Waals surface area contributed by atoms with Crippen LogP contribution < -0.4 is 10.2 Å². The Bertz CT molecular complexity index is 697. The van der Waals surface area contributed by atoms with Crippen molar-refractivity contribution < 1.29 is 9.90 Å². The number of hydrogen-bond donors (Lipinski definition) is 2. The summed E-state index contributed by atoms with van der Waals surface area (Å²) in [5.74, 6) is 2.33. The molecule has 6 rings (SSSR count). The van der Waals surface area contributed by atoms with E-state index in [1.54, 1.807) is 6.20 Å². The topological polar surface area (TPSA) is 65.5 Å². The molecule has 4 bridgehead atoms. The number of pyridine rings is 1. The predicted octanol–water partition coefficient (Wildman–Crippen LogP) is 3.73. The molecular weight excluding hydrogens is 338 g/mol. The third kappa shape index (κ3) is 3.46. The van der Waals surface area contributed by atoms with Gasteiger partial charge in [0.1, 0.15) is 5.82 Å². The lowest BCUT2D eigenvalue weighted by molar-refractivity contribution is -0.167. The Morgan fingerprint density at radius 3 is 2.52 bits per heavy atom. The summed E-state index contributed by atoms with van der Waals surface area (Å²) in [6.45, 7) is 2.15. The number of anilines is 2. The second kappa shape index (κ2) is 6.47. The van der Waals surface area contributed by atoms with Crippen LogP contribution in [0.25, 0.3) is 0 Å². The highest BCUT2D eigenvalue weighted by Gasteiger charge is 2.57. The lowest BCUT2D eigenvalue weighted by atomic mass is 9.47. The molecule has 1 amide bonds. The van der Waals surface area contributed by atoms with E-state index in [1.807, 2.05) is 12.1 Å². The van der Waals surface area contributed by atoms with Gasteiger partial charge in [-0.05, 0) is 87.2 Å². The molecule has 0 aromatic carbocycles. The van der Waals surface area contributed by atoms with Gasteiger partial charge in [-0.1, -0.05) is 0 Å². The minimum Gasteiger partial charge on any atom is -0.390 e. The Morgan fingerprint density at radius 1 is 1.15 bits per heavy atom. The molecular formula is C22H31N3O2. The second-order valence-corrected chi connectivity index (χ2v) is 9.86. The normalized spacial score (nSPS) is 37.4. The van der Waals surface area contributed by atoms with Crippen molar-refractivity contribution in [2.75, 3.05) is 23.3 Å². The summed E-state index contributed by atoms with van der Waals surface area (Å²) < 4.78 is 0. The molecule has 4 saturated carbocycles. The minimum absolute atomic E-state index is 0.0179. The molecule has 0 spiro atoms. The summed E-state index contributed by atoms with van der Waals surface area (Å²) in [6.07, 6.45) is 12.3. The van der Waals surface area contributed by atoms with Crippen molar-refractivity contribution in [3.63, 3.8) is 0 Å². The van der Waals surface area contributed by atoms with E-state index in [9.17, 15) is 9.90 Å². The maximum absolute atomic E-state index is 12.8. The Morgan fingerprint density at radius 2 is 1.89 bits per heavy atom. The first-order valence-electron chi connectivity index (χ1n) is 10.7. The molecule has 1 saturated heterocycles. The van der Waals surface area contributed by atoms with Crippen molar-refractivity contribution in [1.29, 1.82) is 0 Å². The SMILES string of the molecule is O=C(CC12CC3CC(CC(O)(C3)C1)C2)Nc1ccc(N2CCCCC2)nc1. The van der Waals surface area contributed by atoms with Gasteiger partial charge in [-0.2, -0.15) is 0 Å². The van der Waals surface area contributed by atoms with Gasteiger partial charge in [0.25, 0.3) is 0 Å². The third-order valence-electron chi connectivity index (χ3n) is 7.40. The highest BCUT2D eigenvalue weighted by Crippen LogP contribution is 2.62. The van der Waals surface area contributed by atoms with E-state index in [2.05, 4.69) is 15.2 Å². The zero-order valence-electron chi connectivity index (χ0n) is 16.1. The number of amides is 1. The number of aromatic nitrogens is 1. The molecule has 1 aromatic heterocycles. The van der Waals surface area contributed by atoms with Crippen LogP contribution >= 0.6 is 0 Å². The molecule has 0 radical (unpaired) electrons. The van der Waals surface area contributed by atoms with E-state index in [0.29, 0.717) is 18.3 Å². The Labute approximate surface area is 161 Å². The van der Waals surface area contributed by atoms with Gasteiger partial charge < -0.3 is 15.3 Å². The van der Waals surface area contributed by atoms with E-state index in [-0.39, 0.29) is 11.3 Å². The number of rotatable bonds is 4. The van der Waals surface area contributed by atoms with Gasteiger partial charge in [-0.3, -0.25) is 4.79 Å². The summed E-state index contributed by atoms with van der Waals surface area (Å²) in [5, 5.41) is 13.9. The molecule has 4 aliphatic carbocycles. The molecule has 2 atom stereocenters. The van der Waals surface area contributed by atoms with Crippen LogP contribution in [0.1, 0.15) is 64.2 Å². The van der Waals surface area contributed by atoms with Gasteiger partial charge in [-0.15, -0.1) is 0 Å². The Kier molecular flexibility index (Phi) is 4.19. The van der Waals surface area contributed by atoms with Crippen LogP contribution in [0.15, 0.2) is 18.3 Å². The molecule has 2 unspecified atom stereocenters. The van der Waals surface area contributed by atoms with Crippen molar-refractivity contribution >= 4 is 17.4 Å². The van der Waals surface area contributed by atoms with Crippen LogP contribution in [0.2, 0.25) is 0 Å². The minimum atomic E-state index is -0.498. The van der Waals surface area contributed by atoms with Crippen LogP contribution in [0.4, 0.5) is 11.5 Å². The molecule has 5 fully saturated rings. The monoisotopic (exact) mass is 369 g/mol. The highest BCUT2D eigenvalue weighted by atomic mass is 16.3. The molecule has 5 aliphatic rings. The number of hydrogen-bond acceptors (Lipinski definition) is 4. The lowest BCUT2D eigenvalue weighted by Crippen LogP contribution is -2.56. The number of aliphatic hydroxyl groups is 1. The van der Waals surface area contributed by atoms with Gasteiger partial charge in [0.2, 0.25) is 5.91 Å². The summed E-state index contributed by atoms with van der Waals surface area (Å²) in [5.41, 5.74) is 0.302.